The van der Waals surface area contributed by atoms with E-state index in [1.54, 1.807) is 31.6 Å². The summed E-state index contributed by atoms with van der Waals surface area (Å²) >= 11 is 0. The van der Waals surface area contributed by atoms with Crippen molar-refractivity contribution in [1.29, 1.82) is 0 Å². The van der Waals surface area contributed by atoms with Gasteiger partial charge in [-0.3, -0.25) is 19.2 Å². The van der Waals surface area contributed by atoms with Crippen molar-refractivity contribution in [3.05, 3.63) is 23.8 Å². The first-order valence-electron chi connectivity index (χ1n) is 19.2. The van der Waals surface area contributed by atoms with E-state index in [2.05, 4.69) is 20.6 Å². The molecule has 0 aliphatic carbocycles. The Kier molecular flexibility index (Phi) is 21.4. The molecule has 0 amide bonds. The fourth-order valence-electron chi connectivity index (χ4n) is 6.52. The molecule has 56 heavy (non-hydrogen) atoms. The standard InChI is InChI=1S/C34H62N8O14/c43-21-27-31(47)33(49)29(45)19-39(27)3-1-5-41-17-25(35-37-41)23-55-15-13-53-11-9-51-7-8-52-10-12-54-14-16-56-24-26-18-42(38-36-26)6-2-4-40-20-30(46)34(50)32(48)28(40)22-44/h17-18,27-34,43-50H,1-16,19-24H2/t27-,28-,29+,30+,31-,32-,33-,34-/m1/s1. The summed E-state index contributed by atoms with van der Waals surface area (Å²) in [5, 5.41) is 95.4. The quantitative estimate of drug-likeness (QED) is 0.0357. The summed E-state index contributed by atoms with van der Waals surface area (Å²) in [6.45, 7) is 6.57. The highest BCUT2D eigenvalue weighted by atomic mass is 16.6. The minimum Gasteiger partial charge on any atom is -0.395 e. The number of aryl methyl sites for hydroxylation is 2. The van der Waals surface area contributed by atoms with E-state index in [9.17, 15) is 40.9 Å². The lowest BCUT2D eigenvalue weighted by Crippen LogP contribution is -2.62. The first-order valence-corrected chi connectivity index (χ1v) is 19.2. The van der Waals surface area contributed by atoms with Gasteiger partial charge in [-0.2, -0.15) is 0 Å². The summed E-state index contributed by atoms with van der Waals surface area (Å²) in [5.74, 6) is 0. The topological polar surface area (TPSA) is 285 Å². The van der Waals surface area contributed by atoms with Crippen LogP contribution in [-0.2, 0) is 54.7 Å². The average Bonchev–Trinajstić information content (AvgIpc) is 3.85. The Hall–Kier alpha value is -2.36. The fraction of sp³-hybridized carbons (Fsp3) is 0.882. The van der Waals surface area contributed by atoms with E-state index >= 15 is 0 Å². The minimum atomic E-state index is -1.27. The van der Waals surface area contributed by atoms with Gasteiger partial charge >= 0.3 is 0 Å². The van der Waals surface area contributed by atoms with E-state index in [1.165, 1.54) is 0 Å². The zero-order valence-electron chi connectivity index (χ0n) is 31.9. The molecular weight excluding hydrogens is 744 g/mol. The summed E-state index contributed by atoms with van der Waals surface area (Å²) in [6.07, 6.45) is -2.24. The number of hydrogen-bond acceptors (Lipinski definition) is 20. The van der Waals surface area contributed by atoms with E-state index in [0.29, 0.717) is 116 Å². The number of hydrogen-bond donors (Lipinski definition) is 8. The zero-order valence-corrected chi connectivity index (χ0v) is 31.9. The van der Waals surface area contributed by atoms with Crippen LogP contribution >= 0.6 is 0 Å². The van der Waals surface area contributed by atoms with Crippen molar-refractivity contribution in [2.45, 2.75) is 87.9 Å². The molecule has 2 aliphatic rings. The second kappa shape index (κ2) is 25.9. The summed E-state index contributed by atoms with van der Waals surface area (Å²) in [4.78, 5) is 3.55. The van der Waals surface area contributed by atoms with Crippen molar-refractivity contribution in [3.8, 4) is 0 Å². The Morgan fingerprint density at radius 3 is 1.16 bits per heavy atom. The predicted molar refractivity (Wildman–Crippen MR) is 193 cm³/mol. The highest BCUT2D eigenvalue weighted by molar-refractivity contribution is 4.96. The van der Waals surface area contributed by atoms with Gasteiger partial charge in [-0.25, -0.2) is 0 Å². The largest absolute Gasteiger partial charge is 0.395 e. The molecule has 2 aromatic heterocycles. The van der Waals surface area contributed by atoms with Crippen LogP contribution in [-0.4, -0.2) is 235 Å². The Bertz CT molecular complexity index is 1220. The van der Waals surface area contributed by atoms with E-state index in [4.69, 9.17) is 28.4 Å². The van der Waals surface area contributed by atoms with Gasteiger partial charge in [-0.05, 0) is 12.8 Å². The molecule has 22 nitrogen and oxygen atoms in total. The normalized spacial score (nSPS) is 26.4. The van der Waals surface area contributed by atoms with Gasteiger partial charge in [0.1, 0.15) is 35.8 Å². The lowest BCUT2D eigenvalue weighted by atomic mass is 9.94. The molecule has 4 heterocycles. The van der Waals surface area contributed by atoms with Gasteiger partial charge in [0.25, 0.3) is 0 Å². The number of aliphatic hydroxyl groups excluding tert-OH is 8. The number of ether oxygens (including phenoxy) is 6. The molecule has 2 saturated heterocycles. The highest BCUT2D eigenvalue weighted by Gasteiger charge is 2.41. The van der Waals surface area contributed by atoms with Crippen LogP contribution in [0.3, 0.4) is 0 Å². The molecule has 0 bridgehead atoms. The van der Waals surface area contributed by atoms with Gasteiger partial charge in [-0.15, -0.1) is 10.2 Å². The molecule has 0 saturated carbocycles. The molecule has 4 rings (SSSR count). The second-order valence-corrected chi connectivity index (χ2v) is 13.8. The van der Waals surface area contributed by atoms with E-state index in [-0.39, 0.29) is 39.5 Å². The van der Waals surface area contributed by atoms with Gasteiger partial charge < -0.3 is 69.3 Å². The van der Waals surface area contributed by atoms with Crippen LogP contribution in [0, 0.1) is 0 Å². The molecule has 0 unspecified atom stereocenters. The smallest absolute Gasteiger partial charge is 0.109 e. The lowest BCUT2D eigenvalue weighted by Gasteiger charge is -2.43. The number of nitrogens with zero attached hydrogens (tertiary/aromatic N) is 8. The summed E-state index contributed by atoms with van der Waals surface area (Å²) in [5.41, 5.74) is 1.36. The minimum absolute atomic E-state index is 0.171. The van der Waals surface area contributed by atoms with Gasteiger partial charge in [0.15, 0.2) is 0 Å². The van der Waals surface area contributed by atoms with Gasteiger partial charge in [0.05, 0.1) is 129 Å². The first kappa shape index (κ1) is 46.3. The van der Waals surface area contributed by atoms with Crippen molar-refractivity contribution in [3.63, 3.8) is 0 Å². The zero-order chi connectivity index (χ0) is 40.1. The van der Waals surface area contributed by atoms with Crippen LogP contribution < -0.4 is 0 Å². The summed E-state index contributed by atoms with van der Waals surface area (Å²) < 4.78 is 36.6. The fourth-order valence-corrected chi connectivity index (χ4v) is 6.52. The SMILES string of the molecule is OC[C@@H]1[C@@H](O)[C@H](O)[C@@H](O)CN1CCCn1cc(COCCOCCOCCOCCOCCOCc2cn(CCCN3C[C@H](O)[C@@H](O)[C@H](O)[C@H]3CO)nn2)nn1. The number of likely N-dealkylation sites (tertiary alicyclic amines) is 2. The number of rotatable bonds is 29. The maximum atomic E-state index is 10.1. The lowest BCUT2D eigenvalue weighted by molar-refractivity contribution is -0.145. The van der Waals surface area contributed by atoms with E-state index in [1.807, 2.05) is 0 Å². The first-order chi connectivity index (χ1) is 27.2. The monoisotopic (exact) mass is 806 g/mol. The van der Waals surface area contributed by atoms with Crippen LogP contribution in [0.1, 0.15) is 24.2 Å². The summed E-state index contributed by atoms with van der Waals surface area (Å²) in [7, 11) is 0. The number of piperidine rings is 2. The molecule has 2 aromatic rings. The molecule has 322 valence electrons. The van der Waals surface area contributed by atoms with E-state index in [0.717, 1.165) is 0 Å². The van der Waals surface area contributed by atoms with Crippen molar-refractivity contribution in [2.75, 3.05) is 105 Å². The predicted octanol–water partition coefficient (Wildman–Crippen LogP) is -5.03. The third-order valence-electron chi connectivity index (χ3n) is 9.63. The Balaban J connectivity index is 0.880. The highest BCUT2D eigenvalue weighted by Crippen LogP contribution is 2.20. The molecule has 8 atom stereocenters. The van der Waals surface area contributed by atoms with Crippen molar-refractivity contribution < 1.29 is 69.3 Å². The number of aromatic nitrogens is 6. The van der Waals surface area contributed by atoms with Crippen LogP contribution in [0.4, 0.5) is 0 Å². The number of β-amino-alcohol motifs (C(OH)–C–C–N with tert-alkyl or cyclic N) is 2. The Labute approximate surface area is 326 Å². The molecule has 0 spiro atoms. The summed E-state index contributed by atoms with van der Waals surface area (Å²) in [6, 6.07) is -1.26. The molecule has 2 aliphatic heterocycles. The second-order valence-electron chi connectivity index (χ2n) is 13.8. The van der Waals surface area contributed by atoms with Crippen LogP contribution in [0.5, 0.6) is 0 Å². The Morgan fingerprint density at radius 2 is 0.821 bits per heavy atom. The molecular formula is C34H62N8O14. The van der Waals surface area contributed by atoms with Crippen LogP contribution in [0.25, 0.3) is 0 Å². The van der Waals surface area contributed by atoms with Crippen molar-refractivity contribution >= 4 is 0 Å². The average molecular weight is 807 g/mol. The molecule has 2 fully saturated rings. The Morgan fingerprint density at radius 1 is 0.482 bits per heavy atom. The molecule has 0 radical (unpaired) electrons. The number of aliphatic hydroxyl groups is 8. The molecule has 0 aromatic carbocycles. The van der Waals surface area contributed by atoms with Crippen molar-refractivity contribution in [2.24, 2.45) is 0 Å². The third kappa shape index (κ3) is 15.4. The van der Waals surface area contributed by atoms with Gasteiger partial charge in [0.2, 0.25) is 0 Å². The third-order valence-corrected chi connectivity index (χ3v) is 9.63. The molecule has 8 N–H and O–H groups in total. The van der Waals surface area contributed by atoms with E-state index < -0.39 is 48.7 Å². The van der Waals surface area contributed by atoms with Crippen molar-refractivity contribution in [1.82, 2.24) is 39.8 Å². The van der Waals surface area contributed by atoms with Gasteiger partial charge in [-0.1, -0.05) is 10.4 Å². The van der Waals surface area contributed by atoms with Crippen LogP contribution in [0.2, 0.25) is 0 Å². The maximum absolute atomic E-state index is 10.1. The van der Waals surface area contributed by atoms with Crippen LogP contribution in [0.15, 0.2) is 12.4 Å². The maximum Gasteiger partial charge on any atom is 0.109 e. The van der Waals surface area contributed by atoms with Gasteiger partial charge in [0, 0.05) is 39.3 Å². The molecule has 22 heteroatoms.